The molecular weight excluding hydrogens is 254 g/mol. The van der Waals surface area contributed by atoms with Crippen molar-refractivity contribution >= 4 is 0 Å². The summed E-state index contributed by atoms with van der Waals surface area (Å²) in [4.78, 5) is 4.44. The minimum absolute atomic E-state index is 0.0460. The molecule has 3 rings (SSSR count). The molecule has 0 saturated carbocycles. The second-order valence-corrected chi connectivity index (χ2v) is 4.57. The molecule has 0 aromatic carbocycles. The average molecular weight is 269 g/mol. The Morgan fingerprint density at radius 1 is 1.20 bits per heavy atom. The Morgan fingerprint density at radius 2 is 2.00 bits per heavy atom. The van der Waals surface area contributed by atoms with Crippen LogP contribution in [0.1, 0.15) is 31.0 Å². The zero-order valence-electron chi connectivity index (χ0n) is 11.4. The molecule has 1 unspecified atom stereocenters. The van der Waals surface area contributed by atoms with Crippen molar-refractivity contribution in [3.8, 4) is 11.5 Å². The first-order valence-corrected chi connectivity index (χ1v) is 6.54. The smallest absolute Gasteiger partial charge is 0.250 e. The maximum Gasteiger partial charge on any atom is 0.250 e. The van der Waals surface area contributed by atoms with E-state index in [2.05, 4.69) is 31.8 Å². The van der Waals surface area contributed by atoms with Crippen molar-refractivity contribution in [2.24, 2.45) is 0 Å². The fraction of sp³-hybridized carbons (Fsp3) is 0.286. The molecule has 0 bridgehead atoms. The number of hydrogen-bond donors (Lipinski definition) is 0. The van der Waals surface area contributed by atoms with Gasteiger partial charge in [-0.25, -0.2) is 0 Å². The van der Waals surface area contributed by atoms with Gasteiger partial charge in [0.15, 0.2) is 0 Å². The lowest BCUT2D eigenvalue weighted by Gasteiger charge is -2.11. The predicted octanol–water partition coefficient (Wildman–Crippen LogP) is 2.64. The molecule has 6 nitrogen and oxygen atoms in total. The SMILES string of the molecule is CCC(c1nc(-c2ccc(C)nn2)no1)n1cccc1. The topological polar surface area (TPSA) is 69.6 Å². The summed E-state index contributed by atoms with van der Waals surface area (Å²) in [5.74, 6) is 1.05. The lowest BCUT2D eigenvalue weighted by atomic mass is 10.2. The minimum Gasteiger partial charge on any atom is -0.342 e. The predicted molar refractivity (Wildman–Crippen MR) is 72.9 cm³/mol. The molecule has 0 saturated heterocycles. The van der Waals surface area contributed by atoms with Gasteiger partial charge in [0.1, 0.15) is 11.7 Å². The molecule has 3 heterocycles. The summed E-state index contributed by atoms with van der Waals surface area (Å²) >= 11 is 0. The Labute approximate surface area is 116 Å². The normalized spacial score (nSPS) is 12.5. The second-order valence-electron chi connectivity index (χ2n) is 4.57. The zero-order valence-corrected chi connectivity index (χ0v) is 11.4. The number of hydrogen-bond acceptors (Lipinski definition) is 5. The van der Waals surface area contributed by atoms with Crippen molar-refractivity contribution in [3.05, 3.63) is 48.2 Å². The van der Waals surface area contributed by atoms with Crippen LogP contribution in [0.4, 0.5) is 0 Å². The van der Waals surface area contributed by atoms with Gasteiger partial charge in [0, 0.05) is 12.4 Å². The van der Waals surface area contributed by atoms with Crippen LogP contribution in [0.25, 0.3) is 11.5 Å². The summed E-state index contributed by atoms with van der Waals surface area (Å²) in [5, 5.41) is 12.1. The van der Waals surface area contributed by atoms with E-state index >= 15 is 0 Å². The van der Waals surface area contributed by atoms with Crippen molar-refractivity contribution in [2.75, 3.05) is 0 Å². The Hall–Kier alpha value is -2.50. The molecule has 3 aromatic rings. The third-order valence-corrected chi connectivity index (χ3v) is 3.13. The Kier molecular flexibility index (Phi) is 3.28. The summed E-state index contributed by atoms with van der Waals surface area (Å²) in [6.45, 7) is 3.97. The number of aryl methyl sites for hydroxylation is 1. The Morgan fingerprint density at radius 3 is 2.65 bits per heavy atom. The van der Waals surface area contributed by atoms with Crippen LogP contribution in [0, 0.1) is 6.92 Å². The van der Waals surface area contributed by atoms with Gasteiger partial charge >= 0.3 is 0 Å². The van der Waals surface area contributed by atoms with Gasteiger partial charge in [-0.2, -0.15) is 10.1 Å². The highest BCUT2D eigenvalue weighted by molar-refractivity contribution is 5.46. The van der Waals surface area contributed by atoms with E-state index in [1.165, 1.54) is 0 Å². The largest absolute Gasteiger partial charge is 0.342 e. The maximum atomic E-state index is 5.38. The van der Waals surface area contributed by atoms with E-state index in [-0.39, 0.29) is 6.04 Å². The van der Waals surface area contributed by atoms with Gasteiger partial charge < -0.3 is 9.09 Å². The molecule has 102 valence electrons. The molecule has 0 spiro atoms. The minimum atomic E-state index is 0.0460. The van der Waals surface area contributed by atoms with Crippen molar-refractivity contribution in [1.29, 1.82) is 0 Å². The summed E-state index contributed by atoms with van der Waals surface area (Å²) in [7, 11) is 0. The quantitative estimate of drug-likeness (QED) is 0.728. The van der Waals surface area contributed by atoms with Crippen LogP contribution in [0.2, 0.25) is 0 Å². The van der Waals surface area contributed by atoms with Crippen LogP contribution in [0.15, 0.2) is 41.2 Å². The van der Waals surface area contributed by atoms with Crippen LogP contribution in [-0.4, -0.2) is 24.9 Å². The van der Waals surface area contributed by atoms with Crippen molar-refractivity contribution < 1.29 is 4.52 Å². The van der Waals surface area contributed by atoms with E-state index in [0.29, 0.717) is 17.4 Å². The van der Waals surface area contributed by atoms with E-state index in [1.807, 2.05) is 43.6 Å². The molecule has 0 aliphatic heterocycles. The summed E-state index contributed by atoms with van der Waals surface area (Å²) in [5.41, 5.74) is 1.48. The molecule has 0 aliphatic rings. The van der Waals surface area contributed by atoms with E-state index < -0.39 is 0 Å². The molecule has 0 fully saturated rings. The maximum absolute atomic E-state index is 5.38. The summed E-state index contributed by atoms with van der Waals surface area (Å²) in [6.07, 6.45) is 4.85. The van der Waals surface area contributed by atoms with Crippen molar-refractivity contribution in [3.63, 3.8) is 0 Å². The van der Waals surface area contributed by atoms with Crippen LogP contribution >= 0.6 is 0 Å². The third-order valence-electron chi connectivity index (χ3n) is 3.13. The van der Waals surface area contributed by atoms with Gasteiger partial charge in [-0.1, -0.05) is 12.1 Å². The first-order chi connectivity index (χ1) is 9.78. The van der Waals surface area contributed by atoms with Crippen LogP contribution in [-0.2, 0) is 0 Å². The highest BCUT2D eigenvalue weighted by Gasteiger charge is 2.19. The van der Waals surface area contributed by atoms with Gasteiger partial charge in [0.2, 0.25) is 11.7 Å². The fourth-order valence-electron chi connectivity index (χ4n) is 2.06. The van der Waals surface area contributed by atoms with E-state index in [9.17, 15) is 0 Å². The number of nitrogens with zero attached hydrogens (tertiary/aromatic N) is 5. The van der Waals surface area contributed by atoms with Gasteiger partial charge in [-0.05, 0) is 37.6 Å². The van der Waals surface area contributed by atoms with Crippen molar-refractivity contribution in [2.45, 2.75) is 26.3 Å². The van der Waals surface area contributed by atoms with E-state index in [4.69, 9.17) is 4.52 Å². The molecule has 6 heteroatoms. The molecule has 0 radical (unpaired) electrons. The first-order valence-electron chi connectivity index (χ1n) is 6.54. The molecular formula is C14H15N5O. The van der Waals surface area contributed by atoms with Gasteiger partial charge in [0.25, 0.3) is 0 Å². The molecule has 3 aromatic heterocycles. The van der Waals surface area contributed by atoms with Crippen LogP contribution < -0.4 is 0 Å². The third kappa shape index (κ3) is 2.32. The first kappa shape index (κ1) is 12.5. The van der Waals surface area contributed by atoms with Crippen molar-refractivity contribution in [1.82, 2.24) is 24.9 Å². The number of rotatable bonds is 4. The average Bonchev–Trinajstić information content (AvgIpc) is 3.12. The monoisotopic (exact) mass is 269 g/mol. The number of aromatic nitrogens is 5. The standard InChI is InChI=1S/C14H15N5O/c1-3-12(19-8-4-5-9-19)14-15-13(18-20-14)11-7-6-10(2)16-17-11/h4-9,12H,3H2,1-2H3. The van der Waals surface area contributed by atoms with Gasteiger partial charge in [0.05, 0.1) is 5.69 Å². The lowest BCUT2D eigenvalue weighted by Crippen LogP contribution is -2.07. The molecule has 0 amide bonds. The van der Waals surface area contributed by atoms with Crippen LogP contribution in [0.5, 0.6) is 0 Å². The zero-order chi connectivity index (χ0) is 13.9. The molecule has 20 heavy (non-hydrogen) atoms. The van der Waals surface area contributed by atoms with Gasteiger partial charge in [-0.3, -0.25) is 0 Å². The fourth-order valence-corrected chi connectivity index (χ4v) is 2.06. The summed E-state index contributed by atoms with van der Waals surface area (Å²) < 4.78 is 7.43. The Balaban J connectivity index is 1.91. The highest BCUT2D eigenvalue weighted by atomic mass is 16.5. The molecule has 1 atom stereocenters. The summed E-state index contributed by atoms with van der Waals surface area (Å²) in [6, 6.07) is 7.72. The highest BCUT2D eigenvalue weighted by Crippen LogP contribution is 2.22. The van der Waals surface area contributed by atoms with E-state index in [1.54, 1.807) is 0 Å². The molecule has 0 aliphatic carbocycles. The van der Waals surface area contributed by atoms with Crippen LogP contribution in [0.3, 0.4) is 0 Å². The van der Waals surface area contributed by atoms with Gasteiger partial charge in [-0.15, -0.1) is 5.10 Å². The second kappa shape index (κ2) is 5.24. The molecule has 0 N–H and O–H groups in total. The lowest BCUT2D eigenvalue weighted by molar-refractivity contribution is 0.333. The Bertz CT molecular complexity index is 672. The van der Waals surface area contributed by atoms with E-state index in [0.717, 1.165) is 12.1 Å².